The summed E-state index contributed by atoms with van der Waals surface area (Å²) in [7, 11) is -3.27. The van der Waals surface area contributed by atoms with Crippen molar-refractivity contribution in [3.8, 4) is 11.1 Å². The lowest BCUT2D eigenvalue weighted by molar-refractivity contribution is -0.120. The highest BCUT2D eigenvalue weighted by molar-refractivity contribution is 7.89. The predicted molar refractivity (Wildman–Crippen MR) is 163 cm³/mol. The Labute approximate surface area is 241 Å². The monoisotopic (exact) mass is 574 g/mol. The summed E-state index contributed by atoms with van der Waals surface area (Å²) in [6, 6.07) is 14.3. The summed E-state index contributed by atoms with van der Waals surface area (Å²) >= 11 is 0. The molecule has 1 saturated heterocycles. The van der Waals surface area contributed by atoms with Gasteiger partial charge in [0.05, 0.1) is 24.2 Å². The third kappa shape index (κ3) is 6.23. The second kappa shape index (κ2) is 11.9. The topological polar surface area (TPSA) is 126 Å². The van der Waals surface area contributed by atoms with Gasteiger partial charge in [0.1, 0.15) is 0 Å². The van der Waals surface area contributed by atoms with Crippen LogP contribution < -0.4 is 11.1 Å². The first-order valence-corrected chi connectivity index (χ1v) is 15.7. The summed E-state index contributed by atoms with van der Waals surface area (Å²) in [5, 5.41) is 4.09. The Morgan fingerprint density at radius 3 is 2.78 bits per heavy atom. The van der Waals surface area contributed by atoms with Gasteiger partial charge in [-0.25, -0.2) is 13.4 Å². The largest absolute Gasteiger partial charge is 0.399 e. The molecule has 1 aliphatic rings. The van der Waals surface area contributed by atoms with Crippen LogP contribution in [0, 0.1) is 0 Å². The van der Waals surface area contributed by atoms with Gasteiger partial charge < -0.3 is 20.6 Å². The first-order chi connectivity index (χ1) is 19.7. The second-order valence-electron chi connectivity index (χ2n) is 10.9. The maximum atomic E-state index is 12.9. The Kier molecular flexibility index (Phi) is 8.32. The van der Waals surface area contributed by atoms with Crippen molar-refractivity contribution in [3.05, 3.63) is 84.6 Å². The number of nitrogens with zero attached hydrogens (tertiary/aromatic N) is 3. The lowest BCUT2D eigenvalue weighted by atomic mass is 10.00. The highest BCUT2D eigenvalue weighted by atomic mass is 32.2. The van der Waals surface area contributed by atoms with Gasteiger partial charge in [0.2, 0.25) is 15.9 Å². The molecule has 1 aliphatic heterocycles. The van der Waals surface area contributed by atoms with Crippen LogP contribution in [0.4, 0.5) is 0 Å². The molecule has 1 fully saturated rings. The Hall–Kier alpha value is -3.89. The quantitative estimate of drug-likeness (QED) is 0.256. The molecule has 10 heteroatoms. The Balaban J connectivity index is 1.47. The van der Waals surface area contributed by atoms with Crippen molar-refractivity contribution in [3.63, 3.8) is 0 Å². The maximum absolute atomic E-state index is 12.9. The van der Waals surface area contributed by atoms with Crippen molar-refractivity contribution < 1.29 is 13.2 Å². The molecule has 2 aromatic heterocycles. The van der Waals surface area contributed by atoms with Crippen LogP contribution in [-0.2, 0) is 27.8 Å². The number of aromatic nitrogens is 3. The van der Waals surface area contributed by atoms with Crippen LogP contribution in [-0.4, -0.2) is 51.5 Å². The first kappa shape index (κ1) is 28.6. The zero-order chi connectivity index (χ0) is 29.1. The molecule has 3 heterocycles. The van der Waals surface area contributed by atoms with E-state index in [1.807, 2.05) is 38.1 Å². The average molecular weight is 575 g/mol. The minimum Gasteiger partial charge on any atom is -0.399 e. The van der Waals surface area contributed by atoms with Gasteiger partial charge in [0.15, 0.2) is 0 Å². The Morgan fingerprint density at radius 2 is 2.07 bits per heavy atom. The number of hydrogen-bond donors (Lipinski definition) is 3. The molecular weight excluding hydrogens is 536 g/mol. The van der Waals surface area contributed by atoms with E-state index in [9.17, 15) is 13.2 Å². The van der Waals surface area contributed by atoms with Crippen LogP contribution in [0.1, 0.15) is 56.0 Å². The molecule has 5 rings (SSSR count). The summed E-state index contributed by atoms with van der Waals surface area (Å²) in [6.07, 6.45) is 7.72. The molecule has 2 atom stereocenters. The van der Waals surface area contributed by atoms with Gasteiger partial charge in [0.25, 0.3) is 0 Å². The minimum absolute atomic E-state index is 0.0958. The molecule has 1 amide bonds. The van der Waals surface area contributed by atoms with E-state index in [1.165, 1.54) is 0 Å². The average Bonchev–Trinajstić information content (AvgIpc) is 3.59. The zero-order valence-corrected chi connectivity index (χ0v) is 24.5. The fourth-order valence-electron chi connectivity index (χ4n) is 5.81. The van der Waals surface area contributed by atoms with Gasteiger partial charge in [-0.15, -0.1) is 0 Å². The van der Waals surface area contributed by atoms with Crippen molar-refractivity contribution in [2.45, 2.75) is 58.2 Å². The number of hydrogen-bond acceptors (Lipinski definition) is 5. The van der Waals surface area contributed by atoms with Crippen molar-refractivity contribution in [2.75, 3.05) is 12.3 Å². The molecule has 9 nitrogen and oxygen atoms in total. The lowest BCUT2D eigenvalue weighted by Crippen LogP contribution is -2.45. The van der Waals surface area contributed by atoms with Gasteiger partial charge >= 0.3 is 0 Å². The van der Waals surface area contributed by atoms with E-state index in [0.29, 0.717) is 30.9 Å². The highest BCUT2D eigenvalue weighted by Crippen LogP contribution is 2.38. The SMILES string of the molecule is C=C(N)c1cccc(-c2cn(C3CCN(S(=O)(=O)CCC)C(C)C3)c3cc(CNC(=O)Cc4c[nH]cn4)ccc23)c1. The maximum Gasteiger partial charge on any atom is 0.226 e. The number of carbonyl (C=O) groups excluding carboxylic acids is 1. The number of fused-ring (bicyclic) bond motifs is 1. The van der Waals surface area contributed by atoms with Gasteiger partial charge in [-0.2, -0.15) is 4.31 Å². The summed E-state index contributed by atoms with van der Waals surface area (Å²) in [5.41, 5.74) is 12.2. The number of rotatable bonds is 10. The number of nitrogens with one attached hydrogen (secondary N) is 2. The van der Waals surface area contributed by atoms with E-state index in [4.69, 9.17) is 5.73 Å². The molecule has 0 saturated carbocycles. The standard InChI is InChI=1S/C31H38N6O3S/c1-4-12-41(39,40)37-11-10-27(13-21(37)2)36-19-29(25-7-5-6-24(15-25)22(3)32)28-9-8-23(14-30(28)36)17-34-31(38)16-26-18-33-20-35-26/h5-9,14-15,18-21,27H,3-4,10-13,16-17,32H2,1-2H3,(H,33,35)(H,34,38). The van der Waals surface area contributed by atoms with Gasteiger partial charge in [0, 0.05) is 59.7 Å². The number of piperidine rings is 1. The van der Waals surface area contributed by atoms with Crippen molar-refractivity contribution in [1.29, 1.82) is 0 Å². The van der Waals surface area contributed by atoms with Crippen LogP contribution in [0.3, 0.4) is 0 Å². The molecule has 0 aliphatic carbocycles. The minimum atomic E-state index is -3.27. The molecule has 0 bridgehead atoms. The predicted octanol–water partition coefficient (Wildman–Crippen LogP) is 4.58. The summed E-state index contributed by atoms with van der Waals surface area (Å²) < 4.78 is 29.7. The van der Waals surface area contributed by atoms with E-state index in [2.05, 4.69) is 50.8 Å². The Bertz CT molecular complexity index is 1660. The Morgan fingerprint density at radius 1 is 1.24 bits per heavy atom. The summed E-state index contributed by atoms with van der Waals surface area (Å²) in [5.74, 6) is 0.0814. The van der Waals surface area contributed by atoms with E-state index in [0.717, 1.165) is 46.0 Å². The molecule has 0 radical (unpaired) electrons. The molecular formula is C31H38N6O3S. The van der Waals surface area contributed by atoms with Crippen LogP contribution in [0.5, 0.6) is 0 Å². The molecule has 216 valence electrons. The summed E-state index contributed by atoms with van der Waals surface area (Å²) in [4.78, 5) is 19.5. The first-order valence-electron chi connectivity index (χ1n) is 14.1. The number of nitrogens with two attached hydrogens (primary N) is 1. The molecule has 4 aromatic rings. The molecule has 41 heavy (non-hydrogen) atoms. The number of amides is 1. The highest BCUT2D eigenvalue weighted by Gasteiger charge is 2.34. The molecule has 2 unspecified atom stereocenters. The molecule has 2 aromatic carbocycles. The van der Waals surface area contributed by atoms with Crippen molar-refractivity contribution >= 4 is 32.5 Å². The van der Waals surface area contributed by atoms with Gasteiger partial charge in [-0.05, 0) is 55.0 Å². The number of H-pyrrole nitrogens is 1. The van der Waals surface area contributed by atoms with Crippen LogP contribution in [0.25, 0.3) is 27.7 Å². The third-order valence-electron chi connectivity index (χ3n) is 7.83. The second-order valence-corrected chi connectivity index (χ2v) is 12.9. The fourth-order valence-corrected chi connectivity index (χ4v) is 7.58. The number of imidazole rings is 1. The van der Waals surface area contributed by atoms with E-state index >= 15 is 0 Å². The van der Waals surface area contributed by atoms with Crippen molar-refractivity contribution in [2.24, 2.45) is 5.73 Å². The zero-order valence-electron chi connectivity index (χ0n) is 23.6. The van der Waals surface area contributed by atoms with Crippen molar-refractivity contribution in [1.82, 2.24) is 24.2 Å². The van der Waals surface area contributed by atoms with E-state index < -0.39 is 10.0 Å². The number of sulfonamides is 1. The van der Waals surface area contributed by atoms with Crippen LogP contribution >= 0.6 is 0 Å². The smallest absolute Gasteiger partial charge is 0.226 e. The van der Waals surface area contributed by atoms with Crippen LogP contribution in [0.2, 0.25) is 0 Å². The van der Waals surface area contributed by atoms with Gasteiger partial charge in [-0.1, -0.05) is 43.8 Å². The fraction of sp³-hybridized carbons (Fsp3) is 0.355. The normalized spacial score (nSPS) is 18.0. The molecule has 0 spiro atoms. The lowest BCUT2D eigenvalue weighted by Gasteiger charge is -2.37. The van der Waals surface area contributed by atoms with Gasteiger partial charge in [-0.3, -0.25) is 4.79 Å². The number of benzene rings is 2. The molecule has 4 N–H and O–H groups in total. The number of carbonyl (C=O) groups is 1. The third-order valence-corrected chi connectivity index (χ3v) is 10.0. The van der Waals surface area contributed by atoms with E-state index in [-0.39, 0.29) is 30.2 Å². The summed E-state index contributed by atoms with van der Waals surface area (Å²) in [6.45, 7) is 8.69. The number of aromatic amines is 1. The van der Waals surface area contributed by atoms with Crippen LogP contribution in [0.15, 0.2) is 67.8 Å². The van der Waals surface area contributed by atoms with E-state index in [1.54, 1.807) is 16.8 Å².